The zero-order valence-corrected chi connectivity index (χ0v) is 5.61. The third kappa shape index (κ3) is 6000. The SMILES string of the molecule is O.O=CO.[Zn]. The van der Waals surface area contributed by atoms with Gasteiger partial charge in [-0.25, -0.2) is 0 Å². The standard InChI is InChI=1S/CH2O2.H2O.Zn/c2-1-3;;/h1H,(H,2,3);1H2;. The predicted octanol–water partition coefficient (Wildman–Crippen LogP) is -1.13. The monoisotopic (exact) mass is 128 g/mol. The van der Waals surface area contributed by atoms with Gasteiger partial charge in [-0.3, -0.25) is 4.79 Å². The summed E-state index contributed by atoms with van der Waals surface area (Å²) in [5.74, 6) is 0. The summed E-state index contributed by atoms with van der Waals surface area (Å²) in [5, 5.41) is 6.89. The van der Waals surface area contributed by atoms with E-state index in [-0.39, 0.29) is 31.4 Å². The van der Waals surface area contributed by atoms with Gasteiger partial charge in [-0.1, -0.05) is 0 Å². The van der Waals surface area contributed by atoms with Crippen molar-refractivity contribution in [2.24, 2.45) is 0 Å². The Bertz CT molecular complexity index is 14.4. The van der Waals surface area contributed by atoms with Gasteiger partial charge in [0.25, 0.3) is 6.47 Å². The van der Waals surface area contributed by atoms with E-state index in [1.165, 1.54) is 0 Å². The molecule has 0 aromatic carbocycles. The molecule has 4 heteroatoms. The summed E-state index contributed by atoms with van der Waals surface area (Å²) < 4.78 is 0. The van der Waals surface area contributed by atoms with Gasteiger partial charge in [-0.05, 0) is 0 Å². The van der Waals surface area contributed by atoms with E-state index in [4.69, 9.17) is 9.90 Å². The van der Waals surface area contributed by atoms with E-state index in [0.29, 0.717) is 0 Å². The van der Waals surface area contributed by atoms with Crippen LogP contribution in [0.1, 0.15) is 0 Å². The summed E-state index contributed by atoms with van der Waals surface area (Å²) in [5.41, 5.74) is 0. The van der Waals surface area contributed by atoms with Crippen LogP contribution in [0.15, 0.2) is 0 Å². The van der Waals surface area contributed by atoms with Gasteiger partial charge in [0, 0.05) is 19.5 Å². The topological polar surface area (TPSA) is 68.8 Å². The Hall–Kier alpha value is 0.0534. The van der Waals surface area contributed by atoms with Crippen molar-refractivity contribution in [3.63, 3.8) is 0 Å². The molecule has 0 aliphatic heterocycles. The van der Waals surface area contributed by atoms with Gasteiger partial charge < -0.3 is 10.6 Å². The molecule has 5 heavy (non-hydrogen) atoms. The molecule has 3 nitrogen and oxygen atoms in total. The van der Waals surface area contributed by atoms with E-state index in [9.17, 15) is 0 Å². The minimum Gasteiger partial charge on any atom is -0.483 e. The van der Waals surface area contributed by atoms with Gasteiger partial charge in [0.1, 0.15) is 0 Å². The van der Waals surface area contributed by atoms with Crippen molar-refractivity contribution in [1.82, 2.24) is 0 Å². The first-order valence-electron chi connectivity index (χ1n) is 0.494. The molecule has 0 aliphatic carbocycles. The molecule has 0 heterocycles. The Balaban J connectivity index is -0.0000000200. The maximum atomic E-state index is 8.36. The van der Waals surface area contributed by atoms with E-state index >= 15 is 0 Å². The number of rotatable bonds is 0. The van der Waals surface area contributed by atoms with Crippen LogP contribution in [-0.4, -0.2) is 17.1 Å². The Labute approximate surface area is 42.1 Å². The Morgan fingerprint density at radius 1 is 1.60 bits per heavy atom. The van der Waals surface area contributed by atoms with Gasteiger partial charge in [-0.2, -0.15) is 0 Å². The maximum Gasteiger partial charge on any atom is 0.290 e. The van der Waals surface area contributed by atoms with Crippen molar-refractivity contribution in [1.29, 1.82) is 0 Å². The number of hydrogen-bond donors (Lipinski definition) is 1. The molecule has 0 rings (SSSR count). The van der Waals surface area contributed by atoms with E-state index < -0.39 is 0 Å². The zero-order valence-electron chi connectivity index (χ0n) is 2.64. The smallest absolute Gasteiger partial charge is 0.290 e. The molecule has 0 aromatic heterocycles. The van der Waals surface area contributed by atoms with Gasteiger partial charge in [0.2, 0.25) is 0 Å². The molecule has 0 saturated heterocycles. The van der Waals surface area contributed by atoms with Crippen LogP contribution in [0.5, 0.6) is 0 Å². The summed E-state index contributed by atoms with van der Waals surface area (Å²) >= 11 is 0. The molecule has 0 aromatic rings. The summed E-state index contributed by atoms with van der Waals surface area (Å²) in [6.07, 6.45) is 0. The summed E-state index contributed by atoms with van der Waals surface area (Å²) in [6.45, 7) is -0.250. The first kappa shape index (κ1) is 19.7. The summed E-state index contributed by atoms with van der Waals surface area (Å²) in [7, 11) is 0. The molecule has 0 spiro atoms. The Kier molecular flexibility index (Phi) is 134. The molecule has 0 radical (unpaired) electrons. The molecule has 0 bridgehead atoms. The maximum absolute atomic E-state index is 8.36. The van der Waals surface area contributed by atoms with Crippen LogP contribution in [0.4, 0.5) is 0 Å². The van der Waals surface area contributed by atoms with Crippen LogP contribution >= 0.6 is 0 Å². The second kappa shape index (κ2) is 34.1. The fraction of sp³-hybridized carbons (Fsp3) is 0. The van der Waals surface area contributed by atoms with Crippen molar-refractivity contribution in [3.05, 3.63) is 0 Å². The fourth-order valence-electron chi connectivity index (χ4n) is 0. The second-order valence-corrected chi connectivity index (χ2v) is 0.105. The van der Waals surface area contributed by atoms with Gasteiger partial charge in [0.05, 0.1) is 0 Å². The quantitative estimate of drug-likeness (QED) is 0.332. The summed E-state index contributed by atoms with van der Waals surface area (Å²) in [6, 6.07) is 0. The van der Waals surface area contributed by atoms with E-state index in [1.807, 2.05) is 0 Å². The molecule has 0 unspecified atom stereocenters. The molecule has 0 saturated carbocycles. The largest absolute Gasteiger partial charge is 0.483 e. The predicted molar refractivity (Wildman–Crippen MR) is 12.3 cm³/mol. The average molecular weight is 129 g/mol. The van der Waals surface area contributed by atoms with Crippen molar-refractivity contribution in [2.75, 3.05) is 0 Å². The molecule has 0 fully saturated rings. The van der Waals surface area contributed by atoms with Crippen molar-refractivity contribution < 1.29 is 34.9 Å². The van der Waals surface area contributed by atoms with Crippen LogP contribution in [0.3, 0.4) is 0 Å². The van der Waals surface area contributed by atoms with Crippen LogP contribution in [-0.2, 0) is 24.3 Å². The molecule has 0 aliphatic rings. The number of carbonyl (C=O) groups is 1. The summed E-state index contributed by atoms with van der Waals surface area (Å²) in [4.78, 5) is 8.36. The van der Waals surface area contributed by atoms with Crippen molar-refractivity contribution >= 4 is 6.47 Å². The van der Waals surface area contributed by atoms with Crippen molar-refractivity contribution in [2.45, 2.75) is 0 Å². The van der Waals surface area contributed by atoms with Crippen LogP contribution in [0, 0.1) is 0 Å². The van der Waals surface area contributed by atoms with E-state index in [2.05, 4.69) is 0 Å². The minimum atomic E-state index is -0.250. The van der Waals surface area contributed by atoms with E-state index in [0.717, 1.165) is 0 Å². The Morgan fingerprint density at radius 3 is 1.60 bits per heavy atom. The van der Waals surface area contributed by atoms with Crippen LogP contribution < -0.4 is 0 Å². The second-order valence-electron chi connectivity index (χ2n) is 0.105. The number of carboxylic acid groups (broad SMARTS) is 1. The molecule has 0 amide bonds. The third-order valence-electron chi connectivity index (χ3n) is 0. The molecular weight excluding hydrogens is 125 g/mol. The van der Waals surface area contributed by atoms with Gasteiger partial charge >= 0.3 is 0 Å². The van der Waals surface area contributed by atoms with Crippen molar-refractivity contribution in [3.8, 4) is 0 Å². The fourth-order valence-corrected chi connectivity index (χ4v) is 0. The van der Waals surface area contributed by atoms with Crippen LogP contribution in [0.2, 0.25) is 0 Å². The van der Waals surface area contributed by atoms with Crippen LogP contribution in [0.25, 0.3) is 0 Å². The van der Waals surface area contributed by atoms with Gasteiger partial charge in [-0.15, -0.1) is 0 Å². The zero-order chi connectivity index (χ0) is 2.71. The van der Waals surface area contributed by atoms with Gasteiger partial charge in [0.15, 0.2) is 0 Å². The first-order chi connectivity index (χ1) is 1.41. The molecule has 28 valence electrons. The molecule has 0 atom stereocenters. The Morgan fingerprint density at radius 2 is 1.60 bits per heavy atom. The minimum absolute atomic E-state index is 0. The number of hydrogen-bond acceptors (Lipinski definition) is 1. The molecule has 3 N–H and O–H groups in total. The third-order valence-corrected chi connectivity index (χ3v) is 0. The molecular formula is CH4O3Zn. The van der Waals surface area contributed by atoms with E-state index in [1.54, 1.807) is 0 Å². The normalized spacial score (nSPS) is 2.40. The first-order valence-corrected chi connectivity index (χ1v) is 0.494. The average Bonchev–Trinajstić information content (AvgIpc) is 0.918.